The summed E-state index contributed by atoms with van der Waals surface area (Å²) in [5.41, 5.74) is -2.95. The number of thiophene rings is 1. The molecule has 3 aromatic heterocycles. The molecule has 9 aromatic carbocycles. The molecule has 3 heterocycles. The molecule has 0 radical (unpaired) electrons. The number of rotatable bonds is 5. The molecule has 0 amide bonds. The van der Waals surface area contributed by atoms with Crippen LogP contribution in [0, 0.1) is 0 Å². The van der Waals surface area contributed by atoms with E-state index in [1.54, 1.807) is 24.3 Å². The van der Waals surface area contributed by atoms with E-state index in [-0.39, 0.29) is 86.3 Å². The van der Waals surface area contributed by atoms with Crippen LogP contribution in [0.4, 0.5) is 0 Å². The summed E-state index contributed by atoms with van der Waals surface area (Å²) in [6.45, 7) is 0. The monoisotopic (exact) mass is 766 g/mol. The Morgan fingerprint density at radius 1 is 0.404 bits per heavy atom. The van der Waals surface area contributed by atoms with Gasteiger partial charge in [-0.2, -0.15) is 0 Å². The van der Waals surface area contributed by atoms with Crippen molar-refractivity contribution in [2.45, 2.75) is 0 Å². The number of pyridine rings is 2. The van der Waals surface area contributed by atoms with Crippen molar-refractivity contribution in [3.8, 4) is 54.4 Å². The standard InChI is InChI=1S/C54H32N2S/c1-3-11-33(12-4-1)49-50(34-13-5-2-6-14-34)54(45-28-25-37-21-20-35-15-9-16-36-24-27-43(45)48(37)47(35)36)57-53(49)44-30-29-42(40-18-7-8-19-41(40)44)46-31-26-39-23-22-38-17-10-32-55-51(38)52(39)56-46/h1-32H/i1D,2D,3D,4D,5D,6D,9D,10D,11D,12D,13D,14D,15D,16D,17D,20D,21D,22D,23D,24D,25D,26D,27D,28D,31D,32D. The first-order chi connectivity index (χ1) is 39.1. The Morgan fingerprint density at radius 2 is 0.965 bits per heavy atom. The first kappa shape index (κ1) is 15.7. The maximum absolute atomic E-state index is 9.89. The van der Waals surface area contributed by atoms with Gasteiger partial charge in [0.25, 0.3) is 0 Å². The van der Waals surface area contributed by atoms with E-state index in [0.29, 0.717) is 11.3 Å². The number of hydrogen-bond donors (Lipinski definition) is 0. The van der Waals surface area contributed by atoms with Gasteiger partial charge in [-0.1, -0.05) is 175 Å². The van der Waals surface area contributed by atoms with Crippen LogP contribution in [-0.4, -0.2) is 9.97 Å². The molecule has 12 rings (SSSR count). The van der Waals surface area contributed by atoms with Crippen molar-refractivity contribution >= 4 is 76.2 Å². The van der Waals surface area contributed by atoms with Crippen molar-refractivity contribution in [2.75, 3.05) is 0 Å². The van der Waals surface area contributed by atoms with E-state index in [4.69, 9.17) is 25.5 Å². The van der Waals surface area contributed by atoms with E-state index >= 15 is 0 Å². The summed E-state index contributed by atoms with van der Waals surface area (Å²) >= 11 is 0.676. The molecule has 12 aromatic rings. The van der Waals surface area contributed by atoms with Gasteiger partial charge in [0.1, 0.15) is 0 Å². The lowest BCUT2D eigenvalue weighted by molar-refractivity contribution is 1.37. The molecule has 0 aliphatic carbocycles. The number of hydrogen-bond acceptors (Lipinski definition) is 3. The molecule has 0 saturated heterocycles. The zero-order valence-corrected chi connectivity index (χ0v) is 29.6. The van der Waals surface area contributed by atoms with Crippen LogP contribution in [0.1, 0.15) is 35.6 Å². The summed E-state index contributed by atoms with van der Waals surface area (Å²) in [4.78, 5) is 8.51. The van der Waals surface area contributed by atoms with Crippen LogP contribution in [-0.2, 0) is 0 Å². The molecule has 0 atom stereocenters. The SMILES string of the molecule is [2H]c1nc2c(c([2H])c1[2H])c([2H])c([2H])c1c([2H])c([2H])c(-c3ccc(-c4sc(-c5c([2H])c([2H])c6c([2H])c([2H])c7c([2H])c([2H])c([2H])c8c([2H])c([2H])c5c6c78)c(-c5c([2H])c([2H])c([2H])c([2H])c5[2H])c4-c4c([2H])c([2H])c([2H])c([2H])c4[2H])c4ccccc34)nc12. The Labute approximate surface area is 369 Å². The van der Waals surface area contributed by atoms with Crippen molar-refractivity contribution < 1.29 is 35.6 Å². The summed E-state index contributed by atoms with van der Waals surface area (Å²) < 4.78 is 236. The highest BCUT2D eigenvalue weighted by molar-refractivity contribution is 7.20. The normalized spacial score (nSPS) is 18.2. The maximum atomic E-state index is 9.89. The van der Waals surface area contributed by atoms with Gasteiger partial charge in [-0.3, -0.25) is 4.98 Å². The predicted molar refractivity (Wildman–Crippen MR) is 243 cm³/mol. The molecule has 0 N–H and O–H groups in total. The zero-order valence-electron chi connectivity index (χ0n) is 54.8. The van der Waals surface area contributed by atoms with Gasteiger partial charge in [-0.05, 0) is 66.3 Å². The number of aromatic nitrogens is 2. The smallest absolute Gasteiger partial charge is 0.0972 e. The Kier molecular flexibility index (Phi) is 3.50. The molecule has 0 aliphatic heterocycles. The van der Waals surface area contributed by atoms with Gasteiger partial charge in [-0.15, -0.1) is 11.3 Å². The number of nitrogens with zero attached hydrogens (tertiary/aromatic N) is 2. The van der Waals surface area contributed by atoms with Gasteiger partial charge in [0, 0.05) is 54.5 Å². The highest BCUT2D eigenvalue weighted by Crippen LogP contribution is 2.55. The highest BCUT2D eigenvalue weighted by Gasteiger charge is 2.26. The van der Waals surface area contributed by atoms with Crippen molar-refractivity contribution in [3.63, 3.8) is 0 Å². The summed E-state index contributed by atoms with van der Waals surface area (Å²) in [5.74, 6) is 0. The van der Waals surface area contributed by atoms with Gasteiger partial charge in [0.15, 0.2) is 0 Å². The van der Waals surface area contributed by atoms with E-state index in [0.717, 1.165) is 0 Å². The van der Waals surface area contributed by atoms with E-state index < -0.39 is 190 Å². The highest BCUT2D eigenvalue weighted by atomic mass is 32.1. The van der Waals surface area contributed by atoms with Gasteiger partial charge in [-0.25, -0.2) is 4.98 Å². The van der Waals surface area contributed by atoms with E-state index in [9.17, 15) is 15.1 Å². The van der Waals surface area contributed by atoms with Crippen molar-refractivity contribution in [3.05, 3.63) is 194 Å². The second-order valence-electron chi connectivity index (χ2n) is 12.8. The van der Waals surface area contributed by atoms with Crippen LogP contribution in [0.3, 0.4) is 0 Å². The third-order valence-electron chi connectivity index (χ3n) is 9.82. The summed E-state index contributed by atoms with van der Waals surface area (Å²) in [7, 11) is 0. The van der Waals surface area contributed by atoms with E-state index in [1.165, 1.54) is 12.1 Å². The zero-order chi connectivity index (χ0) is 60.1. The van der Waals surface area contributed by atoms with Gasteiger partial charge in [0.05, 0.1) is 52.4 Å². The maximum Gasteiger partial charge on any atom is 0.0972 e. The van der Waals surface area contributed by atoms with E-state index in [1.807, 2.05) is 0 Å². The predicted octanol–water partition coefficient (Wildman–Crippen LogP) is 15.2. The molecule has 0 unspecified atom stereocenters. The summed E-state index contributed by atoms with van der Waals surface area (Å²) in [6.07, 6.45) is -0.652. The second-order valence-corrected chi connectivity index (χ2v) is 13.9. The Balaban J connectivity index is 1.31. The lowest BCUT2D eigenvalue weighted by atomic mass is 9.87. The van der Waals surface area contributed by atoms with Crippen molar-refractivity contribution in [1.29, 1.82) is 0 Å². The van der Waals surface area contributed by atoms with Gasteiger partial charge < -0.3 is 0 Å². The van der Waals surface area contributed by atoms with Crippen LogP contribution in [0.5, 0.6) is 0 Å². The topological polar surface area (TPSA) is 25.8 Å². The Morgan fingerprint density at radius 3 is 1.70 bits per heavy atom. The first-order valence-electron chi connectivity index (χ1n) is 30.3. The van der Waals surface area contributed by atoms with Crippen LogP contribution in [0.2, 0.25) is 0 Å². The number of fused-ring (bicyclic) bond motifs is 4. The average molecular weight is 767 g/mol. The molecular formula is C54H32N2S. The summed E-state index contributed by atoms with van der Waals surface area (Å²) in [6, 6.07) is -9.34. The molecule has 0 aliphatic rings. The second kappa shape index (κ2) is 12.7. The molecule has 0 saturated carbocycles. The fraction of sp³-hybridized carbons (Fsp3) is 0. The lowest BCUT2D eigenvalue weighted by Gasteiger charge is -2.15. The minimum absolute atomic E-state index is 0.0828. The molecule has 0 bridgehead atoms. The van der Waals surface area contributed by atoms with Crippen molar-refractivity contribution in [2.24, 2.45) is 0 Å². The molecular weight excluding hydrogens is 709 g/mol. The van der Waals surface area contributed by atoms with Crippen LogP contribution in [0.25, 0.3) is 119 Å². The van der Waals surface area contributed by atoms with Gasteiger partial charge >= 0.3 is 0 Å². The molecule has 57 heavy (non-hydrogen) atoms. The Bertz CT molecular complexity index is 4970. The molecule has 0 fully saturated rings. The lowest BCUT2D eigenvalue weighted by Crippen LogP contribution is -1.91. The Hall–Kier alpha value is -7.20. The van der Waals surface area contributed by atoms with Crippen LogP contribution >= 0.6 is 11.3 Å². The summed E-state index contributed by atoms with van der Waals surface area (Å²) in [5, 5.41) is -2.16. The van der Waals surface area contributed by atoms with Crippen molar-refractivity contribution in [1.82, 2.24) is 9.97 Å². The van der Waals surface area contributed by atoms with Gasteiger partial charge in [0.2, 0.25) is 0 Å². The fourth-order valence-corrected chi connectivity index (χ4v) is 8.76. The largest absolute Gasteiger partial charge is 0.254 e. The third kappa shape index (κ3) is 4.96. The fourth-order valence-electron chi connectivity index (χ4n) is 7.40. The minimum atomic E-state index is -0.891. The van der Waals surface area contributed by atoms with Crippen LogP contribution in [0.15, 0.2) is 194 Å². The van der Waals surface area contributed by atoms with Crippen LogP contribution < -0.4 is 0 Å². The third-order valence-corrected chi connectivity index (χ3v) is 11.1. The molecule has 2 nitrogen and oxygen atoms in total. The minimum Gasteiger partial charge on any atom is -0.254 e. The van der Waals surface area contributed by atoms with E-state index in [2.05, 4.69) is 4.98 Å². The quantitative estimate of drug-likeness (QED) is 0.163. The number of benzene rings is 9. The molecule has 0 spiro atoms. The molecule has 264 valence electrons. The first-order valence-corrected chi connectivity index (χ1v) is 18.1. The average Bonchev–Trinajstić information content (AvgIpc) is 1.71. The molecule has 3 heteroatoms.